The maximum Gasteiger partial charge on any atom is 0.252 e. The summed E-state index contributed by atoms with van der Waals surface area (Å²) in [5.41, 5.74) is 5.50. The number of piperazine rings is 1. The van der Waals surface area contributed by atoms with Crippen LogP contribution in [0.15, 0.2) is 16.3 Å². The summed E-state index contributed by atoms with van der Waals surface area (Å²) in [5, 5.41) is 0. The van der Waals surface area contributed by atoms with Crippen LogP contribution in [0.4, 0.5) is 0 Å². The molecule has 0 bridgehead atoms. The second-order valence-corrected chi connectivity index (χ2v) is 8.29. The lowest BCUT2D eigenvalue weighted by atomic mass is 10.2. The second-order valence-electron chi connectivity index (χ2n) is 4.95. The monoisotopic (exact) mass is 303 g/mol. The molecule has 1 aliphatic heterocycles. The van der Waals surface area contributed by atoms with Crippen molar-refractivity contribution in [2.24, 2.45) is 5.73 Å². The van der Waals surface area contributed by atoms with E-state index < -0.39 is 10.0 Å². The average molecular weight is 303 g/mol. The van der Waals surface area contributed by atoms with Crippen LogP contribution in [0.2, 0.25) is 0 Å². The van der Waals surface area contributed by atoms with Crippen molar-refractivity contribution < 1.29 is 8.42 Å². The van der Waals surface area contributed by atoms with Crippen LogP contribution in [0.25, 0.3) is 0 Å². The molecular weight excluding hydrogens is 282 g/mol. The Morgan fingerprint density at radius 1 is 1.42 bits per heavy atom. The van der Waals surface area contributed by atoms with Crippen LogP contribution in [0.5, 0.6) is 0 Å². The lowest BCUT2D eigenvalue weighted by Crippen LogP contribution is -2.51. The van der Waals surface area contributed by atoms with Gasteiger partial charge in [-0.15, -0.1) is 11.3 Å². The standard InChI is InChI=1S/C12H21N3O2S2/c1-10-9-15(8-7-14(10)2)19(16,17)12-4-3-11(18-12)5-6-13/h3-4,10H,5-9,13H2,1-2H3. The fourth-order valence-corrected chi connectivity index (χ4v) is 5.17. The summed E-state index contributed by atoms with van der Waals surface area (Å²) < 4.78 is 27.1. The normalized spacial score (nSPS) is 22.8. The first-order valence-electron chi connectivity index (χ1n) is 6.44. The zero-order chi connectivity index (χ0) is 14.0. The molecule has 1 aromatic heterocycles. The number of hydrogen-bond acceptors (Lipinski definition) is 5. The fraction of sp³-hybridized carbons (Fsp3) is 0.667. The van der Waals surface area contributed by atoms with Gasteiger partial charge in [-0.25, -0.2) is 8.42 Å². The molecule has 108 valence electrons. The molecule has 0 spiro atoms. The number of likely N-dealkylation sites (N-methyl/N-ethyl adjacent to an activating group) is 1. The molecule has 0 saturated carbocycles. The lowest BCUT2D eigenvalue weighted by molar-refractivity contribution is 0.160. The largest absolute Gasteiger partial charge is 0.330 e. The zero-order valence-electron chi connectivity index (χ0n) is 11.4. The highest BCUT2D eigenvalue weighted by molar-refractivity contribution is 7.91. The lowest BCUT2D eigenvalue weighted by Gasteiger charge is -2.36. The van der Waals surface area contributed by atoms with Gasteiger partial charge >= 0.3 is 0 Å². The smallest absolute Gasteiger partial charge is 0.252 e. The van der Waals surface area contributed by atoms with E-state index in [1.807, 2.05) is 13.1 Å². The molecule has 1 saturated heterocycles. The van der Waals surface area contributed by atoms with Crippen LogP contribution in [0.1, 0.15) is 11.8 Å². The predicted octanol–water partition coefficient (Wildman–Crippen LogP) is 0.574. The van der Waals surface area contributed by atoms with Crippen molar-refractivity contribution in [2.45, 2.75) is 23.6 Å². The second kappa shape index (κ2) is 5.88. The Hall–Kier alpha value is -0.470. The Bertz CT molecular complexity index is 527. The SMILES string of the molecule is CC1CN(S(=O)(=O)c2ccc(CCN)s2)CCN1C. The van der Waals surface area contributed by atoms with Crippen LogP contribution in [-0.4, -0.2) is 56.9 Å². The van der Waals surface area contributed by atoms with Crippen molar-refractivity contribution in [3.05, 3.63) is 17.0 Å². The summed E-state index contributed by atoms with van der Waals surface area (Å²) >= 11 is 1.34. The maximum absolute atomic E-state index is 12.5. The van der Waals surface area contributed by atoms with Gasteiger partial charge in [0.25, 0.3) is 10.0 Å². The third kappa shape index (κ3) is 3.17. The summed E-state index contributed by atoms with van der Waals surface area (Å²) in [5.74, 6) is 0. The molecule has 1 aromatic rings. The van der Waals surface area contributed by atoms with Gasteiger partial charge in [0.1, 0.15) is 4.21 Å². The summed E-state index contributed by atoms with van der Waals surface area (Å²) in [6, 6.07) is 3.82. The van der Waals surface area contributed by atoms with Crippen LogP contribution < -0.4 is 5.73 Å². The maximum atomic E-state index is 12.5. The van der Waals surface area contributed by atoms with Gasteiger partial charge in [0.2, 0.25) is 0 Å². The Kier molecular flexibility index (Phi) is 4.62. The average Bonchev–Trinajstić information content (AvgIpc) is 2.82. The molecule has 1 unspecified atom stereocenters. The summed E-state index contributed by atoms with van der Waals surface area (Å²) in [7, 11) is -1.30. The molecule has 1 atom stereocenters. The molecule has 19 heavy (non-hydrogen) atoms. The Balaban J connectivity index is 2.17. The molecule has 0 radical (unpaired) electrons. The summed E-state index contributed by atoms with van der Waals surface area (Å²) in [6.45, 7) is 4.50. The zero-order valence-corrected chi connectivity index (χ0v) is 13.0. The van der Waals surface area contributed by atoms with Crippen molar-refractivity contribution in [1.29, 1.82) is 0 Å². The van der Waals surface area contributed by atoms with Gasteiger partial charge in [-0.1, -0.05) is 0 Å². The first kappa shape index (κ1) is 14.9. The number of nitrogens with zero attached hydrogens (tertiary/aromatic N) is 2. The van der Waals surface area contributed by atoms with Crippen molar-refractivity contribution in [2.75, 3.05) is 33.2 Å². The number of nitrogens with two attached hydrogens (primary N) is 1. The third-order valence-corrected chi connectivity index (χ3v) is 7.02. The first-order valence-corrected chi connectivity index (χ1v) is 8.70. The van der Waals surface area contributed by atoms with Crippen LogP contribution in [-0.2, 0) is 16.4 Å². The van der Waals surface area contributed by atoms with E-state index in [4.69, 9.17) is 5.73 Å². The van der Waals surface area contributed by atoms with Crippen LogP contribution in [0.3, 0.4) is 0 Å². The van der Waals surface area contributed by atoms with E-state index >= 15 is 0 Å². The first-order chi connectivity index (χ1) is 8.95. The van der Waals surface area contributed by atoms with E-state index in [2.05, 4.69) is 11.8 Å². The van der Waals surface area contributed by atoms with Crippen molar-refractivity contribution in [3.63, 3.8) is 0 Å². The van der Waals surface area contributed by atoms with Gasteiger partial charge in [0, 0.05) is 30.6 Å². The van der Waals surface area contributed by atoms with E-state index in [9.17, 15) is 8.42 Å². The Morgan fingerprint density at radius 3 is 2.79 bits per heavy atom. The van der Waals surface area contributed by atoms with E-state index in [0.29, 0.717) is 23.8 Å². The molecule has 5 nitrogen and oxygen atoms in total. The van der Waals surface area contributed by atoms with Gasteiger partial charge in [-0.3, -0.25) is 0 Å². The molecule has 2 heterocycles. The molecule has 1 fully saturated rings. The highest BCUT2D eigenvalue weighted by Gasteiger charge is 2.31. The Labute approximate surface area is 119 Å². The minimum Gasteiger partial charge on any atom is -0.330 e. The summed E-state index contributed by atoms with van der Waals surface area (Å²) in [4.78, 5) is 3.21. The highest BCUT2D eigenvalue weighted by Crippen LogP contribution is 2.26. The molecular formula is C12H21N3O2S2. The third-order valence-electron chi connectivity index (χ3n) is 3.54. The molecule has 0 aliphatic carbocycles. The van der Waals surface area contributed by atoms with Crippen molar-refractivity contribution >= 4 is 21.4 Å². The fourth-order valence-electron chi connectivity index (χ4n) is 2.13. The molecule has 2 rings (SSSR count). The molecule has 0 amide bonds. The van der Waals surface area contributed by atoms with E-state index in [0.717, 1.165) is 17.8 Å². The molecule has 1 aliphatic rings. The molecule has 0 aromatic carbocycles. The number of thiophene rings is 1. The van der Waals surface area contributed by atoms with Gasteiger partial charge in [0.05, 0.1) is 0 Å². The summed E-state index contributed by atoms with van der Waals surface area (Å²) in [6.07, 6.45) is 0.735. The number of hydrogen-bond donors (Lipinski definition) is 1. The van der Waals surface area contributed by atoms with E-state index in [1.54, 1.807) is 10.4 Å². The van der Waals surface area contributed by atoms with Gasteiger partial charge < -0.3 is 10.6 Å². The topological polar surface area (TPSA) is 66.6 Å². The van der Waals surface area contributed by atoms with Crippen molar-refractivity contribution in [1.82, 2.24) is 9.21 Å². The predicted molar refractivity (Wildman–Crippen MR) is 77.9 cm³/mol. The minimum atomic E-state index is -3.33. The van der Waals surface area contributed by atoms with Crippen molar-refractivity contribution in [3.8, 4) is 0 Å². The van der Waals surface area contributed by atoms with E-state index in [1.165, 1.54) is 11.3 Å². The number of sulfonamides is 1. The Morgan fingerprint density at radius 2 is 2.16 bits per heavy atom. The van der Waals surface area contributed by atoms with Gasteiger partial charge in [-0.2, -0.15) is 4.31 Å². The van der Waals surface area contributed by atoms with Gasteiger partial charge in [0.15, 0.2) is 0 Å². The molecule has 7 heteroatoms. The minimum absolute atomic E-state index is 0.256. The van der Waals surface area contributed by atoms with Gasteiger partial charge in [-0.05, 0) is 39.1 Å². The van der Waals surface area contributed by atoms with E-state index in [-0.39, 0.29) is 6.04 Å². The highest BCUT2D eigenvalue weighted by atomic mass is 32.2. The quantitative estimate of drug-likeness (QED) is 0.883. The van der Waals surface area contributed by atoms with Crippen LogP contribution in [0, 0.1) is 0 Å². The van der Waals surface area contributed by atoms with Crippen LogP contribution >= 0.6 is 11.3 Å². The number of rotatable bonds is 4. The molecule has 2 N–H and O–H groups in total.